The highest BCUT2D eigenvalue weighted by Crippen LogP contribution is 2.59. The summed E-state index contributed by atoms with van der Waals surface area (Å²) in [7, 11) is 0. The van der Waals surface area contributed by atoms with Gasteiger partial charge in [-0.1, -0.05) is 79.3 Å². The zero-order valence-corrected chi connectivity index (χ0v) is 20.1. The monoisotopic (exact) mass is 542 g/mol. The van der Waals surface area contributed by atoms with Crippen LogP contribution in [-0.2, 0) is 15.6 Å². The Kier molecular flexibility index (Phi) is 6.02. The van der Waals surface area contributed by atoms with Gasteiger partial charge < -0.3 is 0 Å². The van der Waals surface area contributed by atoms with Crippen molar-refractivity contribution in [1.29, 1.82) is 0 Å². The minimum Gasteiger partial charge on any atom is -0.299 e. The fourth-order valence-corrected chi connectivity index (χ4v) is 6.87. The van der Waals surface area contributed by atoms with Gasteiger partial charge in [0.1, 0.15) is 5.78 Å². The zero-order valence-electron chi connectivity index (χ0n) is 15.4. The van der Waals surface area contributed by atoms with Gasteiger partial charge in [0.25, 0.3) is 0 Å². The summed E-state index contributed by atoms with van der Waals surface area (Å²) in [6.07, 6.45) is 4.22. The van der Waals surface area contributed by atoms with E-state index < -0.39 is 0 Å². The van der Waals surface area contributed by atoms with Gasteiger partial charge in [-0.05, 0) is 61.1 Å². The van der Waals surface area contributed by atoms with Crippen LogP contribution in [0.3, 0.4) is 0 Å². The van der Waals surface area contributed by atoms with Crippen LogP contribution in [-0.4, -0.2) is 16.4 Å². The standard InChI is InChI=1S/C23H22Br2Cl2O/c24-13-19(22(9-10-22)15-1-5-17(26)6-2-15)21(28)20(14-25)23(11-12-23)16-3-7-18(27)8-4-16/h1-8,19-20H,9-14H2. The smallest absolute Gasteiger partial charge is 0.142 e. The molecular weight excluding hydrogens is 523 g/mol. The van der Waals surface area contributed by atoms with Crippen LogP contribution in [0.1, 0.15) is 36.8 Å². The number of halogens is 4. The normalized spacial score (nSPS) is 21.0. The predicted molar refractivity (Wildman–Crippen MR) is 124 cm³/mol. The first-order valence-electron chi connectivity index (χ1n) is 9.64. The lowest BCUT2D eigenvalue weighted by Crippen LogP contribution is -2.40. The van der Waals surface area contributed by atoms with Crippen LogP contribution >= 0.6 is 55.1 Å². The molecule has 148 valence electrons. The highest BCUT2D eigenvalue weighted by Gasteiger charge is 2.59. The molecule has 4 rings (SSSR count). The van der Waals surface area contributed by atoms with E-state index in [1.807, 2.05) is 24.3 Å². The van der Waals surface area contributed by atoms with Crippen molar-refractivity contribution in [2.24, 2.45) is 11.8 Å². The van der Waals surface area contributed by atoms with Gasteiger partial charge in [0.05, 0.1) is 0 Å². The van der Waals surface area contributed by atoms with Crippen molar-refractivity contribution in [3.63, 3.8) is 0 Å². The Bertz CT molecular complexity index is 784. The van der Waals surface area contributed by atoms with E-state index >= 15 is 0 Å². The molecular formula is C23H22Br2Cl2O. The molecule has 2 fully saturated rings. The summed E-state index contributed by atoms with van der Waals surface area (Å²) in [5.41, 5.74) is 2.36. The average molecular weight is 545 g/mol. The van der Waals surface area contributed by atoms with Gasteiger partial charge in [-0.15, -0.1) is 0 Å². The van der Waals surface area contributed by atoms with E-state index in [0.29, 0.717) is 16.4 Å². The Balaban J connectivity index is 1.64. The van der Waals surface area contributed by atoms with Gasteiger partial charge >= 0.3 is 0 Å². The third-order valence-corrected chi connectivity index (χ3v) is 8.54. The second-order valence-corrected chi connectivity index (χ2v) is 10.3. The van der Waals surface area contributed by atoms with Gasteiger partial charge in [0, 0.05) is 43.4 Å². The summed E-state index contributed by atoms with van der Waals surface area (Å²) in [5, 5.41) is 2.85. The number of alkyl halides is 2. The fourth-order valence-electron chi connectivity index (χ4n) is 4.74. The number of hydrogen-bond acceptors (Lipinski definition) is 1. The summed E-state index contributed by atoms with van der Waals surface area (Å²) in [4.78, 5) is 13.8. The number of carbonyl (C=O) groups is 1. The van der Waals surface area contributed by atoms with E-state index in [1.165, 1.54) is 11.1 Å². The highest BCUT2D eigenvalue weighted by molar-refractivity contribution is 9.09. The van der Waals surface area contributed by atoms with Crippen molar-refractivity contribution in [3.05, 3.63) is 69.7 Å². The van der Waals surface area contributed by atoms with Gasteiger partial charge in [-0.2, -0.15) is 0 Å². The Morgan fingerprint density at radius 1 is 0.750 bits per heavy atom. The molecule has 2 saturated carbocycles. The van der Waals surface area contributed by atoms with E-state index in [-0.39, 0.29) is 22.7 Å². The maximum atomic E-state index is 13.8. The molecule has 0 radical (unpaired) electrons. The molecule has 2 aliphatic carbocycles. The first kappa shape index (κ1) is 20.9. The van der Waals surface area contributed by atoms with Gasteiger partial charge in [-0.25, -0.2) is 0 Å². The van der Waals surface area contributed by atoms with Gasteiger partial charge in [0.15, 0.2) is 0 Å². The molecule has 0 N–H and O–H groups in total. The van der Waals surface area contributed by atoms with Crippen LogP contribution in [0.2, 0.25) is 10.0 Å². The zero-order chi connectivity index (χ0) is 19.9. The van der Waals surface area contributed by atoms with Gasteiger partial charge in [0.2, 0.25) is 0 Å². The second-order valence-electron chi connectivity index (χ2n) is 8.14. The molecule has 28 heavy (non-hydrogen) atoms. The largest absolute Gasteiger partial charge is 0.299 e. The first-order valence-corrected chi connectivity index (χ1v) is 12.6. The predicted octanol–water partition coefficient (Wildman–Crippen LogP) is 7.35. The summed E-state index contributed by atoms with van der Waals surface area (Å²) < 4.78 is 0. The van der Waals surface area contributed by atoms with E-state index in [9.17, 15) is 4.79 Å². The lowest BCUT2D eigenvalue weighted by molar-refractivity contribution is -0.127. The average Bonchev–Trinajstić information content (AvgIpc) is 3.61. The Morgan fingerprint density at radius 3 is 1.32 bits per heavy atom. The van der Waals surface area contributed by atoms with E-state index in [2.05, 4.69) is 56.1 Å². The summed E-state index contributed by atoms with van der Waals surface area (Å²) in [6.45, 7) is 0. The molecule has 0 bridgehead atoms. The Morgan fingerprint density at radius 2 is 1.07 bits per heavy atom. The van der Waals surface area contributed by atoms with Crippen LogP contribution in [0.4, 0.5) is 0 Å². The molecule has 2 aromatic rings. The lowest BCUT2D eigenvalue weighted by Gasteiger charge is -2.32. The van der Waals surface area contributed by atoms with Crippen LogP contribution in [0.25, 0.3) is 0 Å². The van der Waals surface area contributed by atoms with E-state index in [4.69, 9.17) is 23.2 Å². The Labute approximate surface area is 193 Å². The van der Waals surface area contributed by atoms with Crippen molar-refractivity contribution in [1.82, 2.24) is 0 Å². The second kappa shape index (κ2) is 8.06. The van der Waals surface area contributed by atoms with Crippen LogP contribution in [0.15, 0.2) is 48.5 Å². The summed E-state index contributed by atoms with van der Waals surface area (Å²) >= 11 is 19.5. The SMILES string of the molecule is O=C(C(CBr)C1(c2ccc(Cl)cc2)CC1)C(CBr)C1(c2ccc(Cl)cc2)CC1. The van der Waals surface area contributed by atoms with E-state index in [0.717, 1.165) is 35.7 Å². The van der Waals surface area contributed by atoms with Gasteiger partial charge in [-0.3, -0.25) is 4.79 Å². The van der Waals surface area contributed by atoms with Crippen LogP contribution in [0, 0.1) is 11.8 Å². The topological polar surface area (TPSA) is 17.1 Å². The molecule has 1 nitrogen and oxygen atoms in total. The summed E-state index contributed by atoms with van der Waals surface area (Å²) in [5.74, 6) is 0.315. The fraction of sp³-hybridized carbons (Fsp3) is 0.435. The van der Waals surface area contributed by atoms with Crippen molar-refractivity contribution >= 4 is 60.8 Å². The van der Waals surface area contributed by atoms with Crippen molar-refractivity contribution < 1.29 is 4.79 Å². The minimum atomic E-state index is -0.0539. The maximum absolute atomic E-state index is 13.8. The highest BCUT2D eigenvalue weighted by atomic mass is 79.9. The quantitative estimate of drug-likeness (QED) is 0.318. The molecule has 2 aliphatic rings. The number of rotatable bonds is 8. The number of ketones is 1. The number of hydrogen-bond donors (Lipinski definition) is 0. The molecule has 2 atom stereocenters. The molecule has 2 aromatic carbocycles. The minimum absolute atomic E-state index is 0.0269. The molecule has 0 heterocycles. The number of benzene rings is 2. The summed E-state index contributed by atoms with van der Waals surface area (Å²) in [6, 6.07) is 16.1. The van der Waals surface area contributed by atoms with Crippen LogP contribution in [0.5, 0.6) is 0 Å². The van der Waals surface area contributed by atoms with E-state index in [1.54, 1.807) is 0 Å². The Hall–Kier alpha value is -0.350. The third kappa shape index (κ3) is 3.62. The molecule has 0 amide bonds. The lowest BCUT2D eigenvalue weighted by atomic mass is 9.72. The van der Waals surface area contributed by atoms with Crippen LogP contribution < -0.4 is 0 Å². The molecule has 0 saturated heterocycles. The van der Waals surface area contributed by atoms with Crippen molar-refractivity contribution in [2.75, 3.05) is 10.7 Å². The maximum Gasteiger partial charge on any atom is 0.142 e. The molecule has 0 aromatic heterocycles. The first-order chi connectivity index (χ1) is 13.5. The molecule has 5 heteroatoms. The van der Waals surface area contributed by atoms with Crippen molar-refractivity contribution in [2.45, 2.75) is 36.5 Å². The van der Waals surface area contributed by atoms with Crippen molar-refractivity contribution in [3.8, 4) is 0 Å². The molecule has 0 spiro atoms. The number of carbonyl (C=O) groups excluding carboxylic acids is 1. The molecule has 0 aliphatic heterocycles. The number of Topliss-reactive ketones (excluding diaryl/α,β-unsaturated/α-hetero) is 1. The third-order valence-electron chi connectivity index (χ3n) is 6.75. The molecule has 2 unspecified atom stereocenters.